The maximum absolute atomic E-state index is 12.2. The molecule has 0 saturated carbocycles. The highest BCUT2D eigenvalue weighted by Crippen LogP contribution is 2.34. The number of aromatic nitrogens is 2. The third kappa shape index (κ3) is 4.18. The van der Waals surface area contributed by atoms with Gasteiger partial charge in [0, 0.05) is 37.9 Å². The molecule has 3 heterocycles. The first-order chi connectivity index (χ1) is 12.4. The van der Waals surface area contributed by atoms with Gasteiger partial charge in [-0.1, -0.05) is 6.07 Å². The molecule has 0 bridgehead atoms. The predicted molar refractivity (Wildman–Crippen MR) is 104 cm³/mol. The summed E-state index contributed by atoms with van der Waals surface area (Å²) >= 11 is 0. The number of nitrogens with zero attached hydrogens (tertiary/aromatic N) is 3. The molecule has 0 aromatic carbocycles. The average molecular weight is 358 g/mol. The molecule has 26 heavy (non-hydrogen) atoms. The monoisotopic (exact) mass is 358 g/mol. The zero-order valence-electron chi connectivity index (χ0n) is 16.3. The van der Waals surface area contributed by atoms with Crippen LogP contribution in [0.15, 0.2) is 24.4 Å². The van der Waals surface area contributed by atoms with Crippen LogP contribution in [-0.2, 0) is 9.53 Å². The van der Waals surface area contributed by atoms with E-state index in [1.807, 2.05) is 23.1 Å². The van der Waals surface area contributed by atoms with Crippen molar-refractivity contribution >= 4 is 17.4 Å². The highest BCUT2D eigenvalue weighted by Gasteiger charge is 2.29. The number of anilines is 1. The van der Waals surface area contributed by atoms with Gasteiger partial charge in [0.15, 0.2) is 0 Å². The average Bonchev–Trinajstić information content (AvgIpc) is 2.97. The minimum atomic E-state index is -0.0443. The molecule has 3 rings (SSSR count). The molecular weight excluding hydrogens is 328 g/mol. The quantitative estimate of drug-likeness (QED) is 0.891. The third-order valence-electron chi connectivity index (χ3n) is 4.80. The van der Waals surface area contributed by atoms with E-state index < -0.39 is 0 Å². The van der Waals surface area contributed by atoms with Crippen molar-refractivity contribution in [3.05, 3.63) is 30.1 Å². The highest BCUT2D eigenvalue weighted by atomic mass is 16.5. The minimum Gasteiger partial charge on any atom is -0.384 e. The lowest BCUT2D eigenvalue weighted by Crippen LogP contribution is -2.38. The predicted octanol–water partition coefficient (Wildman–Crippen LogP) is 3.29. The zero-order chi connectivity index (χ0) is 18.7. The normalized spacial score (nSPS) is 16.2. The Balaban J connectivity index is 1.78. The van der Waals surface area contributed by atoms with Gasteiger partial charge in [0.1, 0.15) is 11.5 Å². The minimum absolute atomic E-state index is 0.0443. The van der Waals surface area contributed by atoms with Crippen LogP contribution in [0.1, 0.15) is 51.6 Å². The van der Waals surface area contributed by atoms with E-state index in [0.717, 1.165) is 43.1 Å². The zero-order valence-corrected chi connectivity index (χ0v) is 16.3. The van der Waals surface area contributed by atoms with Gasteiger partial charge in [-0.25, -0.2) is 4.98 Å². The van der Waals surface area contributed by atoms with Crippen molar-refractivity contribution in [1.82, 2.24) is 14.3 Å². The van der Waals surface area contributed by atoms with Crippen LogP contribution in [0.2, 0.25) is 0 Å². The highest BCUT2D eigenvalue weighted by molar-refractivity contribution is 5.76. The summed E-state index contributed by atoms with van der Waals surface area (Å²) in [6.45, 7) is 8.56. The summed E-state index contributed by atoms with van der Waals surface area (Å²) in [5.74, 6) is 1.64. The Labute approximate surface area is 155 Å². The molecule has 1 aliphatic rings. The Kier molecular flexibility index (Phi) is 5.51. The SMILES string of the molecule is COCCC(=O)N1CCC(c2nc3ccccn3c2NC(C)(C)C)CC1. The summed E-state index contributed by atoms with van der Waals surface area (Å²) in [6.07, 6.45) is 4.42. The van der Waals surface area contributed by atoms with Gasteiger partial charge in [-0.15, -0.1) is 0 Å². The number of rotatable bonds is 5. The first-order valence-corrected chi connectivity index (χ1v) is 9.41. The fourth-order valence-corrected chi connectivity index (χ4v) is 3.53. The number of carbonyl (C=O) groups is 1. The van der Waals surface area contributed by atoms with Crippen LogP contribution in [0.4, 0.5) is 5.82 Å². The molecule has 0 radical (unpaired) electrons. The molecule has 1 fully saturated rings. The van der Waals surface area contributed by atoms with Crippen molar-refractivity contribution < 1.29 is 9.53 Å². The van der Waals surface area contributed by atoms with E-state index in [1.165, 1.54) is 0 Å². The molecule has 2 aromatic heterocycles. The molecule has 1 amide bonds. The number of hydrogen-bond donors (Lipinski definition) is 1. The van der Waals surface area contributed by atoms with Crippen LogP contribution in [-0.4, -0.2) is 52.5 Å². The fourth-order valence-electron chi connectivity index (χ4n) is 3.53. The van der Waals surface area contributed by atoms with Gasteiger partial charge in [0.25, 0.3) is 0 Å². The number of carbonyl (C=O) groups excluding carboxylic acids is 1. The van der Waals surface area contributed by atoms with Crippen molar-refractivity contribution in [2.24, 2.45) is 0 Å². The van der Waals surface area contributed by atoms with E-state index in [0.29, 0.717) is 18.9 Å². The standard InChI is InChI=1S/C20H30N4O2/c1-20(2,3)22-19-18(21-16-7-5-6-11-24(16)19)15-8-12-23(13-9-15)17(25)10-14-26-4/h5-7,11,15,22H,8-10,12-14H2,1-4H3. The lowest BCUT2D eigenvalue weighted by atomic mass is 9.92. The van der Waals surface area contributed by atoms with Crippen molar-refractivity contribution in [3.63, 3.8) is 0 Å². The molecule has 2 aromatic rings. The Hall–Kier alpha value is -2.08. The van der Waals surface area contributed by atoms with Crippen LogP contribution in [0, 0.1) is 0 Å². The summed E-state index contributed by atoms with van der Waals surface area (Å²) < 4.78 is 7.16. The van der Waals surface area contributed by atoms with Crippen molar-refractivity contribution in [2.75, 3.05) is 32.1 Å². The van der Waals surface area contributed by atoms with Crippen LogP contribution in [0.5, 0.6) is 0 Å². The lowest BCUT2D eigenvalue weighted by molar-refractivity contribution is -0.133. The van der Waals surface area contributed by atoms with Gasteiger partial charge in [0.05, 0.1) is 18.7 Å². The van der Waals surface area contributed by atoms with E-state index in [1.54, 1.807) is 7.11 Å². The van der Waals surface area contributed by atoms with Crippen molar-refractivity contribution in [3.8, 4) is 0 Å². The smallest absolute Gasteiger partial charge is 0.224 e. The van der Waals surface area contributed by atoms with Crippen molar-refractivity contribution in [1.29, 1.82) is 0 Å². The number of nitrogens with one attached hydrogen (secondary N) is 1. The Bertz CT molecular complexity index is 755. The number of likely N-dealkylation sites (tertiary alicyclic amines) is 1. The molecule has 6 nitrogen and oxygen atoms in total. The summed E-state index contributed by atoms with van der Waals surface area (Å²) in [4.78, 5) is 19.1. The van der Waals surface area contributed by atoms with E-state index in [4.69, 9.17) is 9.72 Å². The molecule has 1 N–H and O–H groups in total. The van der Waals surface area contributed by atoms with Gasteiger partial charge in [0.2, 0.25) is 5.91 Å². The Morgan fingerprint density at radius 2 is 2.04 bits per heavy atom. The number of piperidine rings is 1. The second kappa shape index (κ2) is 7.66. The summed E-state index contributed by atoms with van der Waals surface area (Å²) in [5.41, 5.74) is 2.04. The summed E-state index contributed by atoms with van der Waals surface area (Å²) in [6, 6.07) is 6.09. The molecule has 0 atom stereocenters. The van der Waals surface area contributed by atoms with Gasteiger partial charge < -0.3 is 15.0 Å². The van der Waals surface area contributed by atoms with Gasteiger partial charge >= 0.3 is 0 Å². The van der Waals surface area contributed by atoms with E-state index in [-0.39, 0.29) is 11.4 Å². The van der Waals surface area contributed by atoms with Gasteiger partial charge in [-0.3, -0.25) is 9.20 Å². The van der Waals surface area contributed by atoms with Gasteiger partial charge in [-0.2, -0.15) is 0 Å². The molecule has 0 spiro atoms. The van der Waals surface area contributed by atoms with Crippen LogP contribution in [0.3, 0.4) is 0 Å². The number of imidazole rings is 1. The number of fused-ring (bicyclic) bond motifs is 1. The van der Waals surface area contributed by atoms with E-state index in [2.05, 4.69) is 36.7 Å². The Morgan fingerprint density at radius 3 is 2.69 bits per heavy atom. The molecule has 0 unspecified atom stereocenters. The van der Waals surface area contributed by atoms with Crippen LogP contribution < -0.4 is 5.32 Å². The van der Waals surface area contributed by atoms with Crippen LogP contribution >= 0.6 is 0 Å². The van der Waals surface area contributed by atoms with E-state index >= 15 is 0 Å². The van der Waals surface area contributed by atoms with Crippen molar-refractivity contribution in [2.45, 2.75) is 51.5 Å². The maximum Gasteiger partial charge on any atom is 0.224 e. The molecule has 6 heteroatoms. The number of hydrogen-bond acceptors (Lipinski definition) is 4. The topological polar surface area (TPSA) is 58.9 Å². The fraction of sp³-hybridized carbons (Fsp3) is 0.600. The molecule has 1 aliphatic heterocycles. The molecule has 142 valence electrons. The Morgan fingerprint density at radius 1 is 1.31 bits per heavy atom. The number of ether oxygens (including phenoxy) is 1. The summed E-state index contributed by atoms with van der Waals surface area (Å²) in [5, 5.41) is 3.64. The molecule has 1 saturated heterocycles. The van der Waals surface area contributed by atoms with Gasteiger partial charge in [-0.05, 0) is 45.7 Å². The number of pyridine rings is 1. The lowest BCUT2D eigenvalue weighted by Gasteiger charge is -2.32. The first kappa shape index (κ1) is 18.7. The first-order valence-electron chi connectivity index (χ1n) is 9.41. The maximum atomic E-state index is 12.2. The number of methoxy groups -OCH3 is 1. The molecular formula is C20H30N4O2. The molecule has 0 aliphatic carbocycles. The summed E-state index contributed by atoms with van der Waals surface area (Å²) in [7, 11) is 1.63. The number of amides is 1. The van der Waals surface area contributed by atoms with Crippen LogP contribution in [0.25, 0.3) is 5.65 Å². The second-order valence-corrected chi connectivity index (χ2v) is 8.05. The third-order valence-corrected chi connectivity index (χ3v) is 4.80. The second-order valence-electron chi connectivity index (χ2n) is 8.05. The largest absolute Gasteiger partial charge is 0.384 e. The van der Waals surface area contributed by atoms with E-state index in [9.17, 15) is 4.79 Å².